The van der Waals surface area contributed by atoms with Gasteiger partial charge < -0.3 is 20.1 Å². The molecule has 0 unspecified atom stereocenters. The highest BCUT2D eigenvalue weighted by atomic mass is 79.9. The van der Waals surface area contributed by atoms with Crippen molar-refractivity contribution in [2.45, 2.75) is 51.2 Å². The van der Waals surface area contributed by atoms with E-state index in [2.05, 4.69) is 49.4 Å². The lowest BCUT2D eigenvalue weighted by molar-refractivity contribution is -0.129. The number of benzene rings is 1. The maximum atomic E-state index is 14.1. The first kappa shape index (κ1) is 22.9. The van der Waals surface area contributed by atoms with Crippen LogP contribution in [0.4, 0.5) is 9.52 Å². The van der Waals surface area contributed by atoms with Gasteiger partial charge in [0.2, 0.25) is 5.13 Å². The van der Waals surface area contributed by atoms with E-state index < -0.39 is 11.9 Å². The summed E-state index contributed by atoms with van der Waals surface area (Å²) in [6, 6.07) is 4.37. The fourth-order valence-corrected chi connectivity index (χ4v) is 4.38. The molecule has 1 fully saturated rings. The molecule has 1 saturated heterocycles. The van der Waals surface area contributed by atoms with Gasteiger partial charge in [0.25, 0.3) is 5.91 Å². The molecular weight excluding hydrogens is 475 g/mol. The highest BCUT2D eigenvalue weighted by molar-refractivity contribution is 9.10. The van der Waals surface area contributed by atoms with Gasteiger partial charge in [0.15, 0.2) is 17.7 Å². The molecule has 3 rings (SSSR count). The topological polar surface area (TPSA) is 87.6 Å². The molecule has 7 nitrogen and oxygen atoms in total. The second-order valence-electron chi connectivity index (χ2n) is 7.55. The summed E-state index contributed by atoms with van der Waals surface area (Å²) in [6.45, 7) is 5.44. The molecule has 2 aromatic rings. The lowest BCUT2D eigenvalue weighted by Gasteiger charge is -2.32. The van der Waals surface area contributed by atoms with Crippen molar-refractivity contribution in [1.29, 1.82) is 0 Å². The number of amides is 1. The van der Waals surface area contributed by atoms with Crippen LogP contribution in [-0.2, 0) is 4.79 Å². The number of rotatable bonds is 8. The van der Waals surface area contributed by atoms with Crippen LogP contribution in [0.3, 0.4) is 0 Å². The molecule has 1 atom stereocenters. The first-order valence-corrected chi connectivity index (χ1v) is 11.6. The zero-order valence-electron chi connectivity index (χ0n) is 17.0. The Hall–Kier alpha value is -1.78. The summed E-state index contributed by atoms with van der Waals surface area (Å²) in [7, 11) is 0. The van der Waals surface area contributed by atoms with E-state index in [9.17, 15) is 14.3 Å². The summed E-state index contributed by atoms with van der Waals surface area (Å²) >= 11 is 4.60. The van der Waals surface area contributed by atoms with E-state index in [0.29, 0.717) is 10.4 Å². The lowest BCUT2D eigenvalue weighted by atomic mass is 10.0. The van der Waals surface area contributed by atoms with Crippen LogP contribution >= 0.6 is 27.5 Å². The summed E-state index contributed by atoms with van der Waals surface area (Å²) in [5.41, 5.74) is 0. The number of carbonyl (C=O) groups is 1. The van der Waals surface area contributed by atoms with Gasteiger partial charge in [0, 0.05) is 54.1 Å². The van der Waals surface area contributed by atoms with Gasteiger partial charge in [-0.15, -0.1) is 0 Å². The molecule has 1 aliphatic rings. The number of halogens is 2. The van der Waals surface area contributed by atoms with Crippen LogP contribution in [0.5, 0.6) is 5.75 Å². The van der Waals surface area contributed by atoms with E-state index in [4.69, 9.17) is 4.74 Å². The van der Waals surface area contributed by atoms with E-state index >= 15 is 0 Å². The summed E-state index contributed by atoms with van der Waals surface area (Å²) in [6.07, 6.45) is 0.658. The molecule has 0 saturated carbocycles. The number of nitrogens with one attached hydrogen (secondary N) is 1. The van der Waals surface area contributed by atoms with Crippen molar-refractivity contribution in [3.05, 3.63) is 34.3 Å². The molecule has 0 radical (unpaired) electrons. The SMILES string of the molecule is CC(C)c1nsc(N2CCC(NC(=O)[C@H](CCO)Oc3ccc(Br)cc3F)CC2)n1. The van der Waals surface area contributed by atoms with Gasteiger partial charge in [0.1, 0.15) is 5.82 Å². The predicted octanol–water partition coefficient (Wildman–Crippen LogP) is 3.48. The molecule has 30 heavy (non-hydrogen) atoms. The van der Waals surface area contributed by atoms with Crippen LogP contribution in [-0.4, -0.2) is 52.2 Å². The molecule has 0 spiro atoms. The minimum absolute atomic E-state index is 0.00852. The Morgan fingerprint density at radius 2 is 2.17 bits per heavy atom. The predicted molar refractivity (Wildman–Crippen MR) is 118 cm³/mol. The first-order chi connectivity index (χ1) is 14.4. The number of nitrogens with zero attached hydrogens (tertiary/aromatic N) is 3. The number of carbonyl (C=O) groups excluding carboxylic acids is 1. The van der Waals surface area contributed by atoms with Gasteiger partial charge in [-0.2, -0.15) is 4.37 Å². The van der Waals surface area contributed by atoms with Gasteiger partial charge in [0.05, 0.1) is 0 Å². The van der Waals surface area contributed by atoms with Crippen molar-refractivity contribution in [1.82, 2.24) is 14.7 Å². The van der Waals surface area contributed by atoms with Crippen LogP contribution in [0.2, 0.25) is 0 Å². The van der Waals surface area contributed by atoms with Crippen molar-refractivity contribution >= 4 is 38.5 Å². The number of ether oxygens (including phenoxy) is 1. The van der Waals surface area contributed by atoms with Crippen molar-refractivity contribution in [3.8, 4) is 5.75 Å². The number of hydrogen-bond acceptors (Lipinski definition) is 7. The summed E-state index contributed by atoms with van der Waals surface area (Å²) in [5.74, 6) is 0.230. The third-order valence-corrected chi connectivity index (χ3v) is 6.19. The smallest absolute Gasteiger partial charge is 0.261 e. The molecule has 2 N–H and O–H groups in total. The molecule has 1 aromatic carbocycles. The van der Waals surface area contributed by atoms with E-state index in [1.165, 1.54) is 23.7 Å². The van der Waals surface area contributed by atoms with Crippen LogP contribution < -0.4 is 15.0 Å². The van der Waals surface area contributed by atoms with Gasteiger partial charge >= 0.3 is 0 Å². The summed E-state index contributed by atoms with van der Waals surface area (Å²) in [5, 5.41) is 13.2. The Morgan fingerprint density at radius 3 is 2.77 bits per heavy atom. The second-order valence-corrected chi connectivity index (χ2v) is 9.20. The fourth-order valence-electron chi connectivity index (χ4n) is 3.18. The molecule has 0 aliphatic carbocycles. The van der Waals surface area contributed by atoms with Crippen LogP contribution in [0.1, 0.15) is 44.9 Å². The monoisotopic (exact) mass is 500 g/mol. The molecule has 1 amide bonds. The number of piperidine rings is 1. The number of hydrogen-bond donors (Lipinski definition) is 2. The Balaban J connectivity index is 1.54. The van der Waals surface area contributed by atoms with E-state index in [-0.39, 0.29) is 30.7 Å². The number of aliphatic hydroxyl groups is 1. The van der Waals surface area contributed by atoms with Crippen LogP contribution in [0.15, 0.2) is 22.7 Å². The number of aromatic nitrogens is 2. The zero-order chi connectivity index (χ0) is 21.7. The Bertz CT molecular complexity index is 858. The van der Waals surface area contributed by atoms with Crippen molar-refractivity contribution in [3.63, 3.8) is 0 Å². The molecule has 1 aliphatic heterocycles. The maximum absolute atomic E-state index is 14.1. The first-order valence-electron chi connectivity index (χ1n) is 9.99. The molecular formula is C20H26BrFN4O3S. The maximum Gasteiger partial charge on any atom is 0.261 e. The Morgan fingerprint density at radius 1 is 1.43 bits per heavy atom. The average molecular weight is 501 g/mol. The molecule has 10 heteroatoms. The van der Waals surface area contributed by atoms with Gasteiger partial charge in [-0.1, -0.05) is 29.8 Å². The van der Waals surface area contributed by atoms with Gasteiger partial charge in [-0.05, 0) is 31.0 Å². The van der Waals surface area contributed by atoms with Crippen molar-refractivity contribution in [2.24, 2.45) is 0 Å². The fraction of sp³-hybridized carbons (Fsp3) is 0.550. The van der Waals surface area contributed by atoms with Crippen LogP contribution in [0.25, 0.3) is 0 Å². The van der Waals surface area contributed by atoms with Crippen LogP contribution in [0, 0.1) is 5.82 Å². The average Bonchev–Trinajstić information content (AvgIpc) is 3.20. The highest BCUT2D eigenvalue weighted by Crippen LogP contribution is 2.25. The summed E-state index contributed by atoms with van der Waals surface area (Å²) in [4.78, 5) is 19.5. The van der Waals surface area contributed by atoms with E-state index in [0.717, 1.165) is 36.9 Å². The number of anilines is 1. The minimum Gasteiger partial charge on any atom is -0.477 e. The quantitative estimate of drug-likeness (QED) is 0.576. The Labute approximate surface area is 187 Å². The third kappa shape index (κ3) is 5.89. The molecule has 1 aromatic heterocycles. The van der Waals surface area contributed by atoms with Crippen molar-refractivity contribution < 1.29 is 19.0 Å². The highest BCUT2D eigenvalue weighted by Gasteiger charge is 2.27. The Kier molecular flexibility index (Phi) is 8.01. The van der Waals surface area contributed by atoms with Gasteiger partial charge in [-0.25, -0.2) is 9.37 Å². The van der Waals surface area contributed by atoms with Gasteiger partial charge in [-0.3, -0.25) is 4.79 Å². The lowest BCUT2D eigenvalue weighted by Crippen LogP contribution is -2.49. The summed E-state index contributed by atoms with van der Waals surface area (Å²) < 4.78 is 24.6. The molecule has 2 heterocycles. The van der Waals surface area contributed by atoms with E-state index in [1.54, 1.807) is 6.07 Å². The molecule has 164 valence electrons. The molecule has 0 bridgehead atoms. The minimum atomic E-state index is -0.958. The standard InChI is InChI=1S/C20H26BrFN4O3S/c1-12(2)18-24-20(30-25-18)26-8-5-14(6-9-26)23-19(28)17(7-10-27)29-16-4-3-13(21)11-15(16)22/h3-4,11-12,14,17,27H,5-10H2,1-2H3,(H,23,28)/t17-/m0/s1. The van der Waals surface area contributed by atoms with E-state index in [1.807, 2.05) is 0 Å². The normalized spacial score (nSPS) is 16.0. The second kappa shape index (κ2) is 10.5. The largest absolute Gasteiger partial charge is 0.477 e. The number of aliphatic hydroxyl groups excluding tert-OH is 1. The zero-order valence-corrected chi connectivity index (χ0v) is 19.4. The third-order valence-electron chi connectivity index (χ3n) is 4.91. The van der Waals surface area contributed by atoms with Crippen molar-refractivity contribution in [2.75, 3.05) is 24.6 Å².